The zero-order valence-corrected chi connectivity index (χ0v) is 43.8. The van der Waals surface area contributed by atoms with Crippen molar-refractivity contribution in [1.82, 2.24) is 15.3 Å². The molecule has 3 amide bonds. The first-order valence-corrected chi connectivity index (χ1v) is 24.6. The van der Waals surface area contributed by atoms with Crippen LogP contribution in [0.3, 0.4) is 0 Å². The van der Waals surface area contributed by atoms with Crippen LogP contribution in [0.4, 0.5) is 16.2 Å². The van der Waals surface area contributed by atoms with E-state index in [0.29, 0.717) is 90.3 Å². The van der Waals surface area contributed by atoms with Gasteiger partial charge in [0.25, 0.3) is 11.8 Å². The first kappa shape index (κ1) is 61.9. The van der Waals surface area contributed by atoms with Gasteiger partial charge in [-0.3, -0.25) is 24.4 Å². The monoisotopic (exact) mass is 1110 g/mol. The predicted octanol–water partition coefficient (Wildman–Crippen LogP) is 11.8. The second kappa shape index (κ2) is 29.1. The first-order valence-electron chi connectivity index (χ1n) is 24.6. The fourth-order valence-electron chi connectivity index (χ4n) is 7.44. The van der Waals surface area contributed by atoms with Gasteiger partial charge in [-0.2, -0.15) is 0 Å². The number of benzene rings is 6. The lowest BCUT2D eigenvalue weighted by molar-refractivity contribution is -0.140. The smallest absolute Gasteiger partial charge is 0.408 e. The average Bonchev–Trinajstić information content (AvgIpc) is 3.59. The molecule has 0 saturated carbocycles. The number of carboxylic acids is 2. The van der Waals surface area contributed by atoms with Crippen molar-refractivity contribution < 1.29 is 67.3 Å². The highest BCUT2D eigenvalue weighted by Crippen LogP contribution is 2.39. The van der Waals surface area contributed by atoms with Crippen molar-refractivity contribution in [1.29, 1.82) is 0 Å². The summed E-state index contributed by atoms with van der Waals surface area (Å²) in [5.74, 6) is 1.09. The molecule has 8 rings (SSSR count). The van der Waals surface area contributed by atoms with Gasteiger partial charge in [0, 0.05) is 70.6 Å². The molecule has 0 spiro atoms. The largest absolute Gasteiger partial charge is 0.493 e. The summed E-state index contributed by atoms with van der Waals surface area (Å²) in [4.78, 5) is 68.2. The molecular formula is C61H66N6O14. The number of hydrogen-bond donors (Lipinski definition) is 6. The van der Waals surface area contributed by atoms with Gasteiger partial charge in [-0.15, -0.1) is 0 Å². The number of hydrogen-bond acceptors (Lipinski definition) is 15. The van der Waals surface area contributed by atoms with Crippen LogP contribution in [0.5, 0.6) is 46.0 Å². The lowest BCUT2D eigenvalue weighted by Gasteiger charge is -2.22. The maximum Gasteiger partial charge on any atom is 0.408 e. The molecule has 2 atom stereocenters. The summed E-state index contributed by atoms with van der Waals surface area (Å²) in [6, 6.07) is 40.0. The molecule has 424 valence electrons. The van der Waals surface area contributed by atoms with Crippen molar-refractivity contribution in [2.45, 2.75) is 66.2 Å². The zero-order valence-electron chi connectivity index (χ0n) is 43.8. The number of rotatable bonds is 21. The zero-order chi connectivity index (χ0) is 56.5. The molecule has 7 N–H and O–H groups in total. The molecule has 0 saturated heterocycles. The molecule has 2 aromatic heterocycles. The van der Waals surface area contributed by atoms with E-state index in [1.165, 1.54) is 14.2 Å². The predicted molar refractivity (Wildman–Crippen MR) is 309 cm³/mol. The summed E-state index contributed by atoms with van der Waals surface area (Å²) < 4.78 is 39.9. The number of nitrogens with two attached hydrogens (primary N) is 1. The third-order valence-corrected chi connectivity index (χ3v) is 11.4. The number of anilines is 2. The Kier molecular flexibility index (Phi) is 22.3. The molecule has 8 aromatic rings. The molecule has 0 aliphatic carbocycles. The van der Waals surface area contributed by atoms with E-state index in [0.717, 1.165) is 0 Å². The van der Waals surface area contributed by atoms with Crippen LogP contribution >= 0.6 is 0 Å². The van der Waals surface area contributed by atoms with Gasteiger partial charge in [-0.05, 0) is 118 Å². The van der Waals surface area contributed by atoms with Crippen LogP contribution in [0.1, 0.15) is 69.2 Å². The second-order valence-electron chi connectivity index (χ2n) is 18.3. The number of ether oxygens (including phenoxy) is 7. The fourth-order valence-corrected chi connectivity index (χ4v) is 7.44. The third kappa shape index (κ3) is 17.8. The van der Waals surface area contributed by atoms with E-state index >= 15 is 0 Å². The summed E-state index contributed by atoms with van der Waals surface area (Å²) in [7, 11) is 2.99. The van der Waals surface area contributed by atoms with Crippen molar-refractivity contribution in [2.75, 3.05) is 38.1 Å². The summed E-state index contributed by atoms with van der Waals surface area (Å²) >= 11 is 0. The lowest BCUT2D eigenvalue weighted by atomic mass is 10.1. The Bertz CT molecular complexity index is 3400. The average molecular weight is 1110 g/mol. The number of aromatic nitrogens is 2. The molecule has 20 nitrogen and oxygen atoms in total. The maximum absolute atomic E-state index is 12.4. The van der Waals surface area contributed by atoms with Crippen LogP contribution in [-0.2, 0) is 14.3 Å². The van der Waals surface area contributed by atoms with Gasteiger partial charge >= 0.3 is 18.0 Å². The number of fused-ring (bicyclic) bond motifs is 2. The second-order valence-corrected chi connectivity index (χ2v) is 18.3. The molecule has 0 aliphatic heterocycles. The van der Waals surface area contributed by atoms with E-state index in [-0.39, 0.29) is 52.7 Å². The number of nitrogens with one attached hydrogen (secondary N) is 3. The summed E-state index contributed by atoms with van der Waals surface area (Å²) in [6.45, 7) is 5.14. The maximum atomic E-state index is 12.4. The van der Waals surface area contributed by atoms with Crippen molar-refractivity contribution >= 4 is 63.0 Å². The van der Waals surface area contributed by atoms with Gasteiger partial charge in [0.2, 0.25) is 0 Å². The molecule has 0 aliphatic rings. The quantitative estimate of drug-likeness (QED) is 0.0390. The van der Waals surface area contributed by atoms with E-state index in [2.05, 4.69) is 25.9 Å². The lowest BCUT2D eigenvalue weighted by Crippen LogP contribution is -2.44. The van der Waals surface area contributed by atoms with Crippen LogP contribution in [0.25, 0.3) is 21.8 Å². The van der Waals surface area contributed by atoms with Crippen molar-refractivity contribution in [3.05, 3.63) is 169 Å². The van der Waals surface area contributed by atoms with Crippen molar-refractivity contribution in [3.8, 4) is 46.0 Å². The normalized spacial score (nSPS) is 11.3. The number of carbonyl (C=O) groups excluding carboxylic acids is 3. The number of amides is 3. The number of carbonyl (C=O) groups is 5. The highest BCUT2D eigenvalue weighted by atomic mass is 16.6. The Balaban J connectivity index is 0.000000294. The first-order chi connectivity index (χ1) is 38.0. The Morgan fingerprint density at radius 2 is 0.963 bits per heavy atom. The fraction of sp³-hybridized carbons (Fsp3) is 0.230. The molecule has 2 heterocycles. The number of pyridine rings is 2. The van der Waals surface area contributed by atoms with Crippen LogP contribution in [0.2, 0.25) is 0 Å². The van der Waals surface area contributed by atoms with Gasteiger partial charge in [0.05, 0.1) is 38.5 Å². The standard InChI is InChI=1S/C32H33N3O8.C27H25N3O6.2CH4/c1-32(2,3)43-31(39)35-24(30(37)38)15-17-41-28-19-25-23(18-27(28)40-4)26(14-16-33-25)42-22-12-10-21(11-13-22)34-29(36)20-8-6-5-7-9-20;1-34-24-15-20-22(16-25(24)35-14-12-21(28)27(32)33)29-13-11-23(20)36-19-9-7-18(8-10-19)30-26(31)17-5-3-2-4-6-17;;/h5-14,16,18-19,24H,15,17H2,1-4H3,(H,34,36)(H,35,39)(H,37,38);2-11,13,15-16,21H,12,14,28H2,1H3,(H,30,31)(H,32,33);2*1H4/t24-;21-;;/m00../s1. The number of methoxy groups -OCH3 is 2. The summed E-state index contributed by atoms with van der Waals surface area (Å²) in [5, 5.41) is 27.9. The van der Waals surface area contributed by atoms with Crippen LogP contribution in [-0.4, -0.2) is 95.1 Å². The van der Waals surface area contributed by atoms with E-state index in [1.54, 1.807) is 154 Å². The number of carboxylic acid groups (broad SMARTS) is 2. The molecule has 0 unspecified atom stereocenters. The topological polar surface area (TPSA) is 278 Å². The van der Waals surface area contributed by atoms with Gasteiger partial charge < -0.3 is 65.1 Å². The molecule has 0 fully saturated rings. The van der Waals surface area contributed by atoms with Gasteiger partial charge in [0.15, 0.2) is 23.0 Å². The summed E-state index contributed by atoms with van der Waals surface area (Å²) in [5.41, 5.74) is 8.33. The highest BCUT2D eigenvalue weighted by molar-refractivity contribution is 6.05. The van der Waals surface area contributed by atoms with Crippen LogP contribution in [0, 0.1) is 0 Å². The van der Waals surface area contributed by atoms with Crippen LogP contribution < -0.4 is 50.1 Å². The molecule has 0 radical (unpaired) electrons. The van der Waals surface area contributed by atoms with E-state index < -0.39 is 35.7 Å². The molecule has 6 aromatic carbocycles. The van der Waals surface area contributed by atoms with Gasteiger partial charge in [-0.25, -0.2) is 9.59 Å². The Labute approximate surface area is 469 Å². The van der Waals surface area contributed by atoms with Crippen molar-refractivity contribution in [3.63, 3.8) is 0 Å². The summed E-state index contributed by atoms with van der Waals surface area (Å²) in [6.07, 6.45) is 2.51. The van der Waals surface area contributed by atoms with Gasteiger partial charge in [0.1, 0.15) is 40.7 Å². The minimum Gasteiger partial charge on any atom is -0.493 e. The molecule has 81 heavy (non-hydrogen) atoms. The Morgan fingerprint density at radius 3 is 1.35 bits per heavy atom. The minimum atomic E-state index is -1.21. The van der Waals surface area contributed by atoms with Crippen molar-refractivity contribution in [2.24, 2.45) is 5.73 Å². The number of aliphatic carboxylic acids is 2. The Hall–Kier alpha value is -9.95. The van der Waals surface area contributed by atoms with E-state index in [4.69, 9.17) is 44.0 Å². The molecular weight excluding hydrogens is 1040 g/mol. The number of nitrogens with zero attached hydrogens (tertiary/aromatic N) is 2. The van der Waals surface area contributed by atoms with Crippen LogP contribution in [0.15, 0.2) is 158 Å². The highest BCUT2D eigenvalue weighted by Gasteiger charge is 2.25. The third-order valence-electron chi connectivity index (χ3n) is 11.4. The van der Waals surface area contributed by atoms with E-state index in [9.17, 15) is 29.1 Å². The van der Waals surface area contributed by atoms with Gasteiger partial charge in [-0.1, -0.05) is 51.3 Å². The molecule has 0 bridgehead atoms. The SMILES string of the molecule is C.C.COc1cc2c(Oc3ccc(NC(=O)c4ccccc4)cc3)ccnc2cc1OCC[C@H](N)C(=O)O.COc1cc2c(Oc3ccc(NC(=O)c4ccccc4)cc3)ccnc2cc1OCC[C@H](NC(=O)OC(C)(C)C)C(=O)O. The van der Waals surface area contributed by atoms with E-state index in [1.807, 2.05) is 24.3 Å². The molecule has 20 heteroatoms. The number of alkyl carbamates (subject to hydrolysis) is 1. The Morgan fingerprint density at radius 1 is 0.543 bits per heavy atom. The minimum absolute atomic E-state index is 0.